The molecule has 6 heteroatoms. The summed E-state index contributed by atoms with van der Waals surface area (Å²) in [5.41, 5.74) is 5.67. The van der Waals surface area contributed by atoms with E-state index in [9.17, 15) is 13.6 Å². The number of hydrogen-bond donors (Lipinski definition) is 2. The van der Waals surface area contributed by atoms with E-state index in [1.165, 1.54) is 7.11 Å². The molecule has 16 heavy (non-hydrogen) atoms. The van der Waals surface area contributed by atoms with Crippen LogP contribution in [0.3, 0.4) is 0 Å². The number of ether oxygens (including phenoxy) is 1. The van der Waals surface area contributed by atoms with E-state index in [1.54, 1.807) is 0 Å². The van der Waals surface area contributed by atoms with Crippen LogP contribution in [0.2, 0.25) is 0 Å². The number of carboxylic acid groups (broad SMARTS) is 1. The number of carboxylic acids is 1. The smallest absolute Gasteiger partial charge is 0.305 e. The van der Waals surface area contributed by atoms with Gasteiger partial charge in [-0.15, -0.1) is 0 Å². The molecule has 0 aliphatic rings. The van der Waals surface area contributed by atoms with E-state index < -0.39 is 23.6 Å². The summed E-state index contributed by atoms with van der Waals surface area (Å²) in [4.78, 5) is 10.4. The fraction of sp³-hybridized carbons (Fsp3) is 0.300. The standard InChI is InChI=1S/C10H11F2NO3/c1-16-9-3-7(12)6(11)2-5(9)8(13)4-10(14)15/h2-3,8H,4,13H2,1H3,(H,14,15). The van der Waals surface area contributed by atoms with Gasteiger partial charge in [0.1, 0.15) is 5.75 Å². The molecule has 1 atom stereocenters. The van der Waals surface area contributed by atoms with Crippen LogP contribution in [0.5, 0.6) is 5.75 Å². The summed E-state index contributed by atoms with van der Waals surface area (Å²) in [6.45, 7) is 0. The monoisotopic (exact) mass is 231 g/mol. The van der Waals surface area contributed by atoms with Gasteiger partial charge in [-0.1, -0.05) is 0 Å². The summed E-state index contributed by atoms with van der Waals surface area (Å²) < 4.78 is 30.6. The second-order valence-corrected chi connectivity index (χ2v) is 3.21. The number of nitrogens with two attached hydrogens (primary N) is 1. The molecule has 0 saturated carbocycles. The van der Waals surface area contributed by atoms with Gasteiger partial charge in [0.15, 0.2) is 11.6 Å². The first-order valence-corrected chi connectivity index (χ1v) is 4.46. The number of halogens is 2. The molecule has 0 aliphatic heterocycles. The zero-order valence-electron chi connectivity index (χ0n) is 8.54. The van der Waals surface area contributed by atoms with Crippen LogP contribution in [0.1, 0.15) is 18.0 Å². The van der Waals surface area contributed by atoms with E-state index in [2.05, 4.69) is 0 Å². The van der Waals surface area contributed by atoms with Gasteiger partial charge in [0.05, 0.1) is 13.5 Å². The lowest BCUT2D eigenvalue weighted by molar-refractivity contribution is -0.137. The highest BCUT2D eigenvalue weighted by Gasteiger charge is 2.18. The molecule has 1 aromatic rings. The van der Waals surface area contributed by atoms with Crippen LogP contribution in [0, 0.1) is 11.6 Å². The highest BCUT2D eigenvalue weighted by atomic mass is 19.2. The zero-order valence-corrected chi connectivity index (χ0v) is 8.54. The van der Waals surface area contributed by atoms with Gasteiger partial charge in [0, 0.05) is 17.7 Å². The summed E-state index contributed by atoms with van der Waals surface area (Å²) in [6.07, 6.45) is -0.387. The van der Waals surface area contributed by atoms with Crippen molar-refractivity contribution >= 4 is 5.97 Å². The lowest BCUT2D eigenvalue weighted by Crippen LogP contribution is -2.16. The van der Waals surface area contributed by atoms with Gasteiger partial charge >= 0.3 is 5.97 Å². The minimum atomic E-state index is -1.13. The summed E-state index contributed by atoms with van der Waals surface area (Å²) in [5.74, 6) is -3.24. The van der Waals surface area contributed by atoms with Crippen LogP contribution in [0.25, 0.3) is 0 Å². The molecule has 88 valence electrons. The lowest BCUT2D eigenvalue weighted by Gasteiger charge is -2.14. The van der Waals surface area contributed by atoms with E-state index in [0.29, 0.717) is 0 Å². The highest BCUT2D eigenvalue weighted by Crippen LogP contribution is 2.28. The molecular weight excluding hydrogens is 220 g/mol. The van der Waals surface area contributed by atoms with Crippen molar-refractivity contribution in [1.29, 1.82) is 0 Å². The van der Waals surface area contributed by atoms with Gasteiger partial charge in [-0.25, -0.2) is 8.78 Å². The van der Waals surface area contributed by atoms with Gasteiger partial charge in [-0.3, -0.25) is 4.79 Å². The summed E-state index contributed by atoms with van der Waals surface area (Å²) in [7, 11) is 1.27. The van der Waals surface area contributed by atoms with Crippen LogP contribution in [0.4, 0.5) is 8.78 Å². The molecule has 0 spiro atoms. The van der Waals surface area contributed by atoms with Crippen molar-refractivity contribution in [2.75, 3.05) is 7.11 Å². The van der Waals surface area contributed by atoms with E-state index in [1.807, 2.05) is 0 Å². The van der Waals surface area contributed by atoms with Gasteiger partial charge in [0.25, 0.3) is 0 Å². The third-order valence-corrected chi connectivity index (χ3v) is 2.07. The maximum atomic E-state index is 13.0. The maximum absolute atomic E-state index is 13.0. The van der Waals surface area contributed by atoms with Gasteiger partial charge in [0.2, 0.25) is 0 Å². The predicted molar refractivity (Wildman–Crippen MR) is 52.1 cm³/mol. The van der Waals surface area contributed by atoms with E-state index in [4.69, 9.17) is 15.6 Å². The molecule has 0 aromatic heterocycles. The lowest BCUT2D eigenvalue weighted by atomic mass is 10.0. The SMILES string of the molecule is COc1cc(F)c(F)cc1C(N)CC(=O)O. The first-order chi connectivity index (χ1) is 7.45. The quantitative estimate of drug-likeness (QED) is 0.822. The van der Waals surface area contributed by atoms with Crippen LogP contribution < -0.4 is 10.5 Å². The molecule has 0 amide bonds. The molecule has 4 nitrogen and oxygen atoms in total. The average molecular weight is 231 g/mol. The van der Waals surface area contributed by atoms with Crippen molar-refractivity contribution in [2.45, 2.75) is 12.5 Å². The third-order valence-electron chi connectivity index (χ3n) is 2.07. The molecule has 0 saturated heterocycles. The number of methoxy groups -OCH3 is 1. The van der Waals surface area contributed by atoms with Crippen LogP contribution in [-0.4, -0.2) is 18.2 Å². The second-order valence-electron chi connectivity index (χ2n) is 3.21. The number of carbonyl (C=O) groups is 1. The Bertz CT molecular complexity index is 409. The number of rotatable bonds is 4. The van der Waals surface area contributed by atoms with Gasteiger partial charge in [-0.2, -0.15) is 0 Å². The van der Waals surface area contributed by atoms with Crippen LogP contribution in [-0.2, 0) is 4.79 Å². The van der Waals surface area contributed by atoms with Crippen molar-refractivity contribution < 1.29 is 23.4 Å². The number of aliphatic carboxylic acids is 1. The Balaban J connectivity index is 3.10. The Hall–Kier alpha value is -1.69. The van der Waals surface area contributed by atoms with Crippen molar-refractivity contribution in [2.24, 2.45) is 5.73 Å². The zero-order chi connectivity index (χ0) is 12.3. The Morgan fingerprint density at radius 3 is 2.56 bits per heavy atom. The molecule has 0 fully saturated rings. The molecular formula is C10H11F2NO3. The Kier molecular flexibility index (Phi) is 3.78. The van der Waals surface area contributed by atoms with Crippen LogP contribution in [0.15, 0.2) is 12.1 Å². The molecule has 1 rings (SSSR count). The van der Waals surface area contributed by atoms with Crippen molar-refractivity contribution in [1.82, 2.24) is 0 Å². The molecule has 0 bridgehead atoms. The fourth-order valence-electron chi connectivity index (χ4n) is 1.31. The first kappa shape index (κ1) is 12.4. The van der Waals surface area contributed by atoms with E-state index in [-0.39, 0.29) is 17.7 Å². The molecule has 0 aliphatic carbocycles. The van der Waals surface area contributed by atoms with Crippen molar-refractivity contribution in [3.05, 3.63) is 29.3 Å². The average Bonchev–Trinajstić information content (AvgIpc) is 2.20. The largest absolute Gasteiger partial charge is 0.496 e. The maximum Gasteiger partial charge on any atom is 0.305 e. The van der Waals surface area contributed by atoms with E-state index >= 15 is 0 Å². The topological polar surface area (TPSA) is 72.5 Å². The van der Waals surface area contributed by atoms with Crippen molar-refractivity contribution in [3.63, 3.8) is 0 Å². The minimum Gasteiger partial charge on any atom is -0.496 e. The third kappa shape index (κ3) is 2.66. The van der Waals surface area contributed by atoms with Gasteiger partial charge in [-0.05, 0) is 6.07 Å². The first-order valence-electron chi connectivity index (χ1n) is 4.46. The summed E-state index contributed by atoms with van der Waals surface area (Å²) in [6, 6.07) is 0.747. The van der Waals surface area contributed by atoms with Crippen molar-refractivity contribution in [3.8, 4) is 5.75 Å². The van der Waals surface area contributed by atoms with Crippen LogP contribution >= 0.6 is 0 Å². The fourth-order valence-corrected chi connectivity index (χ4v) is 1.31. The summed E-state index contributed by atoms with van der Waals surface area (Å²) in [5, 5.41) is 8.54. The molecule has 3 N–H and O–H groups in total. The normalized spacial score (nSPS) is 12.2. The molecule has 0 radical (unpaired) electrons. The Morgan fingerprint density at radius 2 is 2.06 bits per heavy atom. The second kappa shape index (κ2) is 4.89. The molecule has 0 heterocycles. The molecule has 1 aromatic carbocycles. The molecule has 1 unspecified atom stereocenters. The highest BCUT2D eigenvalue weighted by molar-refractivity contribution is 5.68. The summed E-state index contributed by atoms with van der Waals surface area (Å²) >= 11 is 0. The minimum absolute atomic E-state index is 0.0349. The number of hydrogen-bond acceptors (Lipinski definition) is 3. The van der Waals surface area contributed by atoms with E-state index in [0.717, 1.165) is 12.1 Å². The number of benzene rings is 1. The Labute approximate surface area is 90.6 Å². The Morgan fingerprint density at radius 1 is 1.50 bits per heavy atom. The van der Waals surface area contributed by atoms with Gasteiger partial charge < -0.3 is 15.6 Å². The predicted octanol–water partition coefficient (Wildman–Crippen LogP) is 1.45.